The number of morpholine rings is 1. The van der Waals surface area contributed by atoms with E-state index >= 15 is 0 Å². The molecule has 1 aromatic carbocycles. The summed E-state index contributed by atoms with van der Waals surface area (Å²) in [5.74, 6) is 0.866. The van der Waals surface area contributed by atoms with Crippen LogP contribution < -0.4 is 15.8 Å². The van der Waals surface area contributed by atoms with Crippen LogP contribution in [0.2, 0.25) is 0 Å². The van der Waals surface area contributed by atoms with Crippen molar-refractivity contribution >= 4 is 5.91 Å². The van der Waals surface area contributed by atoms with Gasteiger partial charge in [0, 0.05) is 31.7 Å². The van der Waals surface area contributed by atoms with E-state index in [0.29, 0.717) is 13.2 Å². The first-order chi connectivity index (χ1) is 12.1. The van der Waals surface area contributed by atoms with E-state index in [2.05, 4.69) is 10.2 Å². The first-order valence-corrected chi connectivity index (χ1v) is 9.16. The largest absolute Gasteiger partial charge is 0.492 e. The Labute approximate surface area is 150 Å². The molecule has 1 aromatic rings. The summed E-state index contributed by atoms with van der Waals surface area (Å²) in [6, 6.07) is 7.33. The van der Waals surface area contributed by atoms with E-state index in [1.165, 1.54) is 0 Å². The summed E-state index contributed by atoms with van der Waals surface area (Å²) >= 11 is 0. The van der Waals surface area contributed by atoms with Crippen molar-refractivity contribution in [3.8, 4) is 5.75 Å². The number of amides is 1. The molecule has 1 saturated heterocycles. The van der Waals surface area contributed by atoms with Gasteiger partial charge in [-0.05, 0) is 12.0 Å². The molecule has 0 aromatic heterocycles. The van der Waals surface area contributed by atoms with E-state index in [1.54, 1.807) is 0 Å². The Morgan fingerprint density at radius 2 is 2.08 bits per heavy atom. The van der Waals surface area contributed by atoms with E-state index < -0.39 is 6.04 Å². The molecule has 2 rings (SSSR count). The highest BCUT2D eigenvalue weighted by molar-refractivity contribution is 5.81. The highest BCUT2D eigenvalue weighted by Gasteiger charge is 2.19. The zero-order valence-corrected chi connectivity index (χ0v) is 15.4. The predicted octanol–water partition coefficient (Wildman–Crippen LogP) is 1.39. The van der Waals surface area contributed by atoms with Gasteiger partial charge >= 0.3 is 0 Å². The van der Waals surface area contributed by atoms with Gasteiger partial charge in [-0.1, -0.05) is 38.5 Å². The predicted molar refractivity (Wildman–Crippen MR) is 98.5 cm³/mol. The van der Waals surface area contributed by atoms with Gasteiger partial charge in [-0.15, -0.1) is 0 Å². The Bertz CT molecular complexity index is 532. The maximum Gasteiger partial charge on any atom is 0.237 e. The summed E-state index contributed by atoms with van der Waals surface area (Å²) in [4.78, 5) is 14.5. The van der Waals surface area contributed by atoms with E-state index in [9.17, 15) is 4.79 Å². The molecule has 1 heterocycles. The lowest BCUT2D eigenvalue weighted by molar-refractivity contribution is -0.123. The molecule has 1 aliphatic heterocycles. The fraction of sp³-hybridized carbons (Fsp3) is 0.632. The number of hydrogen-bond donors (Lipinski definition) is 2. The van der Waals surface area contributed by atoms with Crippen molar-refractivity contribution in [3.05, 3.63) is 29.8 Å². The van der Waals surface area contributed by atoms with Gasteiger partial charge in [-0.2, -0.15) is 0 Å². The topological polar surface area (TPSA) is 76.8 Å². The molecule has 6 nitrogen and oxygen atoms in total. The molecule has 0 spiro atoms. The molecule has 0 radical (unpaired) electrons. The Morgan fingerprint density at radius 3 is 2.80 bits per heavy atom. The van der Waals surface area contributed by atoms with Crippen LogP contribution in [-0.2, 0) is 16.1 Å². The first-order valence-electron chi connectivity index (χ1n) is 9.16. The Hall–Kier alpha value is -1.63. The Morgan fingerprint density at radius 1 is 1.36 bits per heavy atom. The van der Waals surface area contributed by atoms with Gasteiger partial charge in [0.15, 0.2) is 0 Å². The summed E-state index contributed by atoms with van der Waals surface area (Å²) in [7, 11) is 0. The zero-order chi connectivity index (χ0) is 18.1. The van der Waals surface area contributed by atoms with Crippen molar-refractivity contribution in [1.82, 2.24) is 10.2 Å². The number of nitrogens with zero attached hydrogens (tertiary/aromatic N) is 1. The van der Waals surface area contributed by atoms with Crippen molar-refractivity contribution < 1.29 is 14.3 Å². The van der Waals surface area contributed by atoms with Crippen molar-refractivity contribution in [3.63, 3.8) is 0 Å². The number of rotatable bonds is 9. The molecule has 6 heteroatoms. The Kier molecular flexibility index (Phi) is 8.18. The van der Waals surface area contributed by atoms with Gasteiger partial charge in [0.2, 0.25) is 5.91 Å². The molecular weight excluding hydrogens is 318 g/mol. The van der Waals surface area contributed by atoms with Crippen LogP contribution in [0.5, 0.6) is 5.75 Å². The van der Waals surface area contributed by atoms with Crippen molar-refractivity contribution in [2.75, 3.05) is 39.5 Å². The van der Waals surface area contributed by atoms with Crippen LogP contribution in [0.4, 0.5) is 0 Å². The minimum atomic E-state index is -0.473. The zero-order valence-electron chi connectivity index (χ0n) is 15.4. The van der Waals surface area contributed by atoms with Crippen molar-refractivity contribution in [1.29, 1.82) is 0 Å². The quantitative estimate of drug-likeness (QED) is 0.704. The molecule has 3 N–H and O–H groups in total. The van der Waals surface area contributed by atoms with Crippen LogP contribution >= 0.6 is 0 Å². The number of para-hydroxylation sites is 1. The summed E-state index contributed by atoms with van der Waals surface area (Å²) in [5.41, 5.74) is 6.94. The molecule has 1 aliphatic rings. The SMILES string of the molecule is CCC(C)C(N)C(=O)NCc1ccccc1OCCN1CCOCC1. The average molecular weight is 349 g/mol. The van der Waals surface area contributed by atoms with Gasteiger partial charge in [-0.3, -0.25) is 9.69 Å². The number of carbonyl (C=O) groups excluding carboxylic acids is 1. The van der Waals surface area contributed by atoms with Crippen LogP contribution in [-0.4, -0.2) is 56.3 Å². The fourth-order valence-electron chi connectivity index (χ4n) is 2.71. The van der Waals surface area contributed by atoms with E-state index in [4.69, 9.17) is 15.2 Å². The summed E-state index contributed by atoms with van der Waals surface area (Å²) in [6.07, 6.45) is 0.885. The summed E-state index contributed by atoms with van der Waals surface area (Å²) < 4.78 is 11.3. The molecule has 0 aliphatic carbocycles. The minimum absolute atomic E-state index is 0.113. The molecule has 0 saturated carbocycles. The third-order valence-electron chi connectivity index (χ3n) is 4.75. The number of hydrogen-bond acceptors (Lipinski definition) is 5. The third-order valence-corrected chi connectivity index (χ3v) is 4.75. The summed E-state index contributed by atoms with van der Waals surface area (Å²) in [5, 5.41) is 2.92. The second-order valence-electron chi connectivity index (χ2n) is 6.54. The van der Waals surface area contributed by atoms with Crippen LogP contribution in [0, 0.1) is 5.92 Å². The molecule has 0 bridgehead atoms. The van der Waals surface area contributed by atoms with E-state index in [1.807, 2.05) is 38.1 Å². The molecule has 25 heavy (non-hydrogen) atoms. The highest BCUT2D eigenvalue weighted by Crippen LogP contribution is 2.18. The number of nitrogens with two attached hydrogens (primary N) is 1. The van der Waals surface area contributed by atoms with Crippen LogP contribution in [0.15, 0.2) is 24.3 Å². The summed E-state index contributed by atoms with van der Waals surface area (Å²) in [6.45, 7) is 9.45. The van der Waals surface area contributed by atoms with Gasteiger partial charge in [-0.25, -0.2) is 0 Å². The molecular formula is C19H31N3O3. The average Bonchev–Trinajstić information content (AvgIpc) is 2.66. The van der Waals surface area contributed by atoms with Crippen molar-refractivity contribution in [2.45, 2.75) is 32.9 Å². The monoisotopic (exact) mass is 349 g/mol. The lowest BCUT2D eigenvalue weighted by Crippen LogP contribution is -2.44. The Balaban J connectivity index is 1.81. The lowest BCUT2D eigenvalue weighted by atomic mass is 9.99. The van der Waals surface area contributed by atoms with Gasteiger partial charge < -0.3 is 20.5 Å². The van der Waals surface area contributed by atoms with E-state index in [0.717, 1.165) is 50.6 Å². The molecule has 1 amide bonds. The highest BCUT2D eigenvalue weighted by atomic mass is 16.5. The molecule has 2 unspecified atom stereocenters. The van der Waals surface area contributed by atoms with Crippen LogP contribution in [0.25, 0.3) is 0 Å². The molecule has 140 valence electrons. The molecule has 2 atom stereocenters. The van der Waals surface area contributed by atoms with Gasteiger partial charge in [0.25, 0.3) is 0 Å². The maximum absolute atomic E-state index is 12.2. The fourth-order valence-corrected chi connectivity index (χ4v) is 2.71. The smallest absolute Gasteiger partial charge is 0.237 e. The maximum atomic E-state index is 12.2. The second kappa shape index (κ2) is 10.4. The van der Waals surface area contributed by atoms with E-state index in [-0.39, 0.29) is 11.8 Å². The van der Waals surface area contributed by atoms with Crippen molar-refractivity contribution in [2.24, 2.45) is 11.7 Å². The number of carbonyl (C=O) groups is 1. The first kappa shape index (κ1) is 19.7. The minimum Gasteiger partial charge on any atom is -0.492 e. The van der Waals surface area contributed by atoms with Crippen LogP contribution in [0.1, 0.15) is 25.8 Å². The second-order valence-corrected chi connectivity index (χ2v) is 6.54. The third kappa shape index (κ3) is 6.30. The van der Waals surface area contributed by atoms with Crippen LogP contribution in [0.3, 0.4) is 0 Å². The number of nitrogens with one attached hydrogen (secondary N) is 1. The van der Waals surface area contributed by atoms with Gasteiger partial charge in [0.1, 0.15) is 12.4 Å². The van der Waals surface area contributed by atoms with Gasteiger partial charge in [0.05, 0.1) is 19.3 Å². The standard InChI is InChI=1S/C19H31N3O3/c1-3-15(2)18(20)19(23)21-14-16-6-4-5-7-17(16)25-13-10-22-8-11-24-12-9-22/h4-7,15,18H,3,8-14,20H2,1-2H3,(H,21,23). The number of benzene rings is 1. The lowest BCUT2D eigenvalue weighted by Gasteiger charge is -2.26. The molecule has 1 fully saturated rings. The normalized spacial score (nSPS) is 17.7. The number of ether oxygens (including phenoxy) is 2.